The van der Waals surface area contributed by atoms with Crippen molar-refractivity contribution in [2.75, 3.05) is 18.0 Å². The van der Waals surface area contributed by atoms with E-state index in [1.54, 1.807) is 0 Å². The number of para-hydroxylation sites is 1. The zero-order chi connectivity index (χ0) is 12.3. The lowest BCUT2D eigenvalue weighted by Gasteiger charge is -2.35. The molecule has 2 unspecified atom stereocenters. The van der Waals surface area contributed by atoms with Gasteiger partial charge < -0.3 is 10.0 Å². The minimum atomic E-state index is -0.381. The maximum atomic E-state index is 9.83. The highest BCUT2D eigenvalue weighted by atomic mass is 16.3. The highest BCUT2D eigenvalue weighted by molar-refractivity contribution is 5.54. The number of nitrogens with zero attached hydrogens (tertiary/aromatic N) is 1. The standard InChI is InChI=1S/C15H23NO/c1-3-13-7-6-10-16(11-13)15-9-5-4-8-14(15)12(2)17/h4-5,8-9,12-13,17H,3,6-7,10-11H2,1-2H3. The van der Waals surface area contributed by atoms with Gasteiger partial charge in [0.2, 0.25) is 0 Å². The van der Waals surface area contributed by atoms with Gasteiger partial charge in [-0.15, -0.1) is 0 Å². The first-order valence-electron chi connectivity index (χ1n) is 6.74. The molecule has 0 amide bonds. The predicted octanol–water partition coefficient (Wildman–Crippen LogP) is 3.37. The van der Waals surface area contributed by atoms with Crippen molar-refractivity contribution in [2.45, 2.75) is 39.2 Å². The smallest absolute Gasteiger partial charge is 0.0781 e. The minimum Gasteiger partial charge on any atom is -0.389 e. The van der Waals surface area contributed by atoms with E-state index in [0.717, 1.165) is 24.6 Å². The van der Waals surface area contributed by atoms with Crippen LogP contribution in [0.5, 0.6) is 0 Å². The minimum absolute atomic E-state index is 0.381. The van der Waals surface area contributed by atoms with E-state index in [1.807, 2.05) is 19.1 Å². The molecular weight excluding hydrogens is 210 g/mol. The van der Waals surface area contributed by atoms with Crippen LogP contribution in [-0.2, 0) is 0 Å². The molecule has 0 spiro atoms. The second-order valence-corrected chi connectivity index (χ2v) is 5.10. The quantitative estimate of drug-likeness (QED) is 0.865. The molecular formula is C15H23NO. The van der Waals surface area contributed by atoms with E-state index in [0.29, 0.717) is 0 Å². The van der Waals surface area contributed by atoms with Crippen LogP contribution in [0.25, 0.3) is 0 Å². The van der Waals surface area contributed by atoms with Crippen molar-refractivity contribution in [3.05, 3.63) is 29.8 Å². The monoisotopic (exact) mass is 233 g/mol. The maximum absolute atomic E-state index is 9.83. The van der Waals surface area contributed by atoms with Crippen LogP contribution in [0.3, 0.4) is 0 Å². The summed E-state index contributed by atoms with van der Waals surface area (Å²) >= 11 is 0. The van der Waals surface area contributed by atoms with Crippen LogP contribution >= 0.6 is 0 Å². The Morgan fingerprint density at radius 1 is 1.41 bits per heavy atom. The van der Waals surface area contributed by atoms with E-state index in [4.69, 9.17) is 0 Å². The van der Waals surface area contributed by atoms with Gasteiger partial charge in [-0.2, -0.15) is 0 Å². The summed E-state index contributed by atoms with van der Waals surface area (Å²) in [5.74, 6) is 0.811. The van der Waals surface area contributed by atoms with E-state index in [-0.39, 0.29) is 6.10 Å². The van der Waals surface area contributed by atoms with E-state index >= 15 is 0 Å². The molecule has 1 aliphatic heterocycles. The van der Waals surface area contributed by atoms with E-state index in [2.05, 4.69) is 24.0 Å². The first-order chi connectivity index (χ1) is 8.22. The first kappa shape index (κ1) is 12.4. The Labute approximate surface area is 104 Å². The summed E-state index contributed by atoms with van der Waals surface area (Å²) in [6.07, 6.45) is 3.50. The normalized spacial score (nSPS) is 22.5. The lowest BCUT2D eigenvalue weighted by molar-refractivity contribution is 0.199. The van der Waals surface area contributed by atoms with Gasteiger partial charge in [-0.1, -0.05) is 31.5 Å². The Morgan fingerprint density at radius 2 is 2.18 bits per heavy atom. The lowest BCUT2D eigenvalue weighted by atomic mass is 9.94. The third kappa shape index (κ3) is 2.81. The molecule has 1 aromatic carbocycles. The Morgan fingerprint density at radius 3 is 2.88 bits per heavy atom. The van der Waals surface area contributed by atoms with Crippen molar-refractivity contribution < 1.29 is 5.11 Å². The zero-order valence-electron chi connectivity index (χ0n) is 10.9. The Bertz CT molecular complexity index is 362. The van der Waals surface area contributed by atoms with Crippen molar-refractivity contribution in [1.29, 1.82) is 0 Å². The average molecular weight is 233 g/mol. The molecule has 1 aliphatic rings. The molecule has 0 aromatic heterocycles. The summed E-state index contributed by atoms with van der Waals surface area (Å²) in [5.41, 5.74) is 2.28. The first-order valence-corrected chi connectivity index (χ1v) is 6.74. The number of hydrogen-bond acceptors (Lipinski definition) is 2. The summed E-state index contributed by atoms with van der Waals surface area (Å²) in [7, 11) is 0. The third-order valence-corrected chi connectivity index (χ3v) is 3.82. The zero-order valence-corrected chi connectivity index (χ0v) is 10.9. The number of aliphatic hydroxyl groups is 1. The number of benzene rings is 1. The van der Waals surface area contributed by atoms with Crippen LogP contribution in [0.1, 0.15) is 44.8 Å². The molecule has 2 nitrogen and oxygen atoms in total. The van der Waals surface area contributed by atoms with Crippen molar-refractivity contribution >= 4 is 5.69 Å². The van der Waals surface area contributed by atoms with Gasteiger partial charge in [0, 0.05) is 24.3 Å². The van der Waals surface area contributed by atoms with Crippen LogP contribution in [0.2, 0.25) is 0 Å². The van der Waals surface area contributed by atoms with Crippen LogP contribution in [0.15, 0.2) is 24.3 Å². The summed E-state index contributed by atoms with van der Waals surface area (Å²) < 4.78 is 0. The molecule has 17 heavy (non-hydrogen) atoms. The molecule has 1 saturated heterocycles. The summed E-state index contributed by atoms with van der Waals surface area (Å²) in [6, 6.07) is 8.25. The maximum Gasteiger partial charge on any atom is 0.0781 e. The van der Waals surface area contributed by atoms with E-state index < -0.39 is 0 Å². The van der Waals surface area contributed by atoms with Gasteiger partial charge >= 0.3 is 0 Å². The predicted molar refractivity (Wildman–Crippen MR) is 72.3 cm³/mol. The number of piperidine rings is 1. The largest absolute Gasteiger partial charge is 0.389 e. The van der Waals surface area contributed by atoms with Gasteiger partial charge in [0.15, 0.2) is 0 Å². The molecule has 94 valence electrons. The summed E-state index contributed by atoms with van der Waals surface area (Å²) in [5, 5.41) is 9.83. The summed E-state index contributed by atoms with van der Waals surface area (Å²) in [4.78, 5) is 2.44. The van der Waals surface area contributed by atoms with E-state index in [1.165, 1.54) is 24.9 Å². The van der Waals surface area contributed by atoms with Crippen molar-refractivity contribution in [2.24, 2.45) is 5.92 Å². The number of hydrogen-bond donors (Lipinski definition) is 1. The van der Waals surface area contributed by atoms with Crippen LogP contribution in [0.4, 0.5) is 5.69 Å². The second-order valence-electron chi connectivity index (χ2n) is 5.10. The molecule has 2 atom stereocenters. The van der Waals surface area contributed by atoms with Gasteiger partial charge in [0.05, 0.1) is 6.10 Å². The van der Waals surface area contributed by atoms with Crippen molar-refractivity contribution in [1.82, 2.24) is 0 Å². The van der Waals surface area contributed by atoms with Gasteiger partial charge in [-0.05, 0) is 31.7 Å². The highest BCUT2D eigenvalue weighted by Gasteiger charge is 2.21. The Kier molecular flexibility index (Phi) is 4.06. The van der Waals surface area contributed by atoms with Gasteiger partial charge in [-0.25, -0.2) is 0 Å². The molecule has 2 rings (SSSR count). The molecule has 1 N–H and O–H groups in total. The molecule has 0 saturated carbocycles. The van der Waals surface area contributed by atoms with Crippen molar-refractivity contribution in [3.63, 3.8) is 0 Å². The van der Waals surface area contributed by atoms with E-state index in [9.17, 15) is 5.11 Å². The highest BCUT2D eigenvalue weighted by Crippen LogP contribution is 2.30. The number of anilines is 1. The fourth-order valence-electron chi connectivity index (χ4n) is 2.75. The van der Waals surface area contributed by atoms with Gasteiger partial charge in [-0.3, -0.25) is 0 Å². The SMILES string of the molecule is CCC1CCCN(c2ccccc2C(C)O)C1. The van der Waals surface area contributed by atoms with Gasteiger partial charge in [0.1, 0.15) is 0 Å². The fourth-order valence-corrected chi connectivity index (χ4v) is 2.75. The number of aliphatic hydroxyl groups excluding tert-OH is 1. The molecule has 1 aromatic rings. The van der Waals surface area contributed by atoms with Crippen LogP contribution in [0, 0.1) is 5.92 Å². The topological polar surface area (TPSA) is 23.5 Å². The molecule has 2 heteroatoms. The number of rotatable bonds is 3. The third-order valence-electron chi connectivity index (χ3n) is 3.82. The molecule has 0 aliphatic carbocycles. The molecule has 1 fully saturated rings. The summed E-state index contributed by atoms with van der Waals surface area (Å²) in [6.45, 7) is 6.38. The second kappa shape index (κ2) is 5.54. The fraction of sp³-hybridized carbons (Fsp3) is 0.600. The molecule has 0 bridgehead atoms. The van der Waals surface area contributed by atoms with Crippen molar-refractivity contribution in [3.8, 4) is 0 Å². The average Bonchev–Trinajstić information content (AvgIpc) is 2.39. The molecule has 1 heterocycles. The molecule has 0 radical (unpaired) electrons. The van der Waals surface area contributed by atoms with Crippen LogP contribution < -0.4 is 4.90 Å². The Balaban J connectivity index is 2.21. The Hall–Kier alpha value is -1.02. The lowest BCUT2D eigenvalue weighted by Crippen LogP contribution is -2.35. The van der Waals surface area contributed by atoms with Gasteiger partial charge in [0.25, 0.3) is 0 Å². The van der Waals surface area contributed by atoms with Crippen LogP contribution in [-0.4, -0.2) is 18.2 Å².